The number of ether oxygens (including phenoxy) is 1. The van der Waals surface area contributed by atoms with Crippen LogP contribution in [0.3, 0.4) is 0 Å². The Morgan fingerprint density at radius 3 is 2.75 bits per heavy atom. The fourth-order valence-electron chi connectivity index (χ4n) is 7.81. The summed E-state index contributed by atoms with van der Waals surface area (Å²) in [7, 11) is 0. The maximum absolute atomic E-state index is 12.6. The molecule has 4 bridgehead atoms. The molecule has 4 heteroatoms. The number of aliphatic hydroxyl groups is 2. The summed E-state index contributed by atoms with van der Waals surface area (Å²) in [5.74, 6) is 0.714. The van der Waals surface area contributed by atoms with E-state index in [4.69, 9.17) is 4.74 Å². The average molecular weight is 332 g/mol. The lowest BCUT2D eigenvalue weighted by atomic mass is 9.34. The molecule has 5 aliphatic carbocycles. The lowest BCUT2D eigenvalue weighted by molar-refractivity contribution is -0.283. The van der Waals surface area contributed by atoms with Gasteiger partial charge in [0.15, 0.2) is 0 Å². The molecule has 8 unspecified atom stereocenters. The molecule has 1 spiro atoms. The fourth-order valence-corrected chi connectivity index (χ4v) is 7.81. The summed E-state index contributed by atoms with van der Waals surface area (Å²) < 4.78 is 5.73. The summed E-state index contributed by atoms with van der Waals surface area (Å²) in [4.78, 5) is 12.6. The molecule has 0 aromatic rings. The van der Waals surface area contributed by atoms with Gasteiger partial charge in [-0.2, -0.15) is 0 Å². The summed E-state index contributed by atoms with van der Waals surface area (Å²) in [5.41, 5.74) is -0.0551. The van der Waals surface area contributed by atoms with E-state index < -0.39 is 23.0 Å². The van der Waals surface area contributed by atoms with Gasteiger partial charge in [-0.15, -0.1) is 0 Å². The van der Waals surface area contributed by atoms with Crippen LogP contribution < -0.4 is 0 Å². The van der Waals surface area contributed by atoms with Crippen molar-refractivity contribution in [2.24, 2.45) is 34.0 Å². The molecule has 0 aromatic heterocycles. The predicted molar refractivity (Wildman–Crippen MR) is 87.9 cm³/mol. The van der Waals surface area contributed by atoms with Crippen molar-refractivity contribution in [1.29, 1.82) is 0 Å². The highest BCUT2D eigenvalue weighted by atomic mass is 16.5. The first-order chi connectivity index (χ1) is 11.4. The number of carbonyl (C=O) groups is 1. The second kappa shape index (κ2) is 4.45. The van der Waals surface area contributed by atoms with E-state index in [1.807, 2.05) is 6.92 Å². The van der Waals surface area contributed by atoms with Crippen LogP contribution in [-0.4, -0.2) is 35.0 Å². The first kappa shape index (κ1) is 15.4. The van der Waals surface area contributed by atoms with Crippen LogP contribution in [-0.2, 0) is 9.53 Å². The molecule has 1 aliphatic heterocycles. The van der Waals surface area contributed by atoms with Gasteiger partial charge in [0, 0.05) is 10.8 Å². The van der Waals surface area contributed by atoms with Gasteiger partial charge in [0.2, 0.25) is 0 Å². The highest BCUT2D eigenvalue weighted by molar-refractivity contribution is 5.78. The molecule has 6 rings (SSSR count). The minimum Gasteiger partial charge on any atom is -0.465 e. The summed E-state index contributed by atoms with van der Waals surface area (Å²) in [5, 5.41) is 22.3. The van der Waals surface area contributed by atoms with Crippen LogP contribution in [0.5, 0.6) is 0 Å². The topological polar surface area (TPSA) is 66.8 Å². The minimum atomic E-state index is -0.605. The van der Waals surface area contributed by atoms with E-state index in [1.54, 1.807) is 0 Å². The fraction of sp³-hybridized carbons (Fsp3) is 0.850. The summed E-state index contributed by atoms with van der Waals surface area (Å²) in [6.07, 6.45) is 5.35. The zero-order valence-corrected chi connectivity index (χ0v) is 14.5. The molecule has 0 aromatic carbocycles. The predicted octanol–water partition coefficient (Wildman–Crippen LogP) is 2.43. The first-order valence-corrected chi connectivity index (χ1v) is 9.58. The molecule has 0 radical (unpaired) electrons. The van der Waals surface area contributed by atoms with Crippen molar-refractivity contribution < 1.29 is 19.7 Å². The molecule has 4 nitrogen and oxygen atoms in total. The van der Waals surface area contributed by atoms with Gasteiger partial charge < -0.3 is 14.9 Å². The van der Waals surface area contributed by atoms with Gasteiger partial charge in [0.1, 0.15) is 0 Å². The van der Waals surface area contributed by atoms with Gasteiger partial charge in [0.25, 0.3) is 0 Å². The lowest BCUT2D eigenvalue weighted by Gasteiger charge is -2.71. The molecule has 6 fully saturated rings. The van der Waals surface area contributed by atoms with Gasteiger partial charge in [-0.3, -0.25) is 4.79 Å². The number of rotatable bonds is 0. The summed E-state index contributed by atoms with van der Waals surface area (Å²) in [6.45, 7) is 6.69. The molecule has 6 aliphatic rings. The van der Waals surface area contributed by atoms with Crippen LogP contribution >= 0.6 is 0 Å². The molecule has 2 N–H and O–H groups in total. The Balaban J connectivity index is 1.67. The third-order valence-corrected chi connectivity index (χ3v) is 8.99. The highest BCUT2D eigenvalue weighted by Gasteiger charge is 2.73. The molecule has 0 amide bonds. The van der Waals surface area contributed by atoms with Crippen LogP contribution in [0.4, 0.5) is 0 Å². The normalized spacial score (nSPS) is 58.7. The van der Waals surface area contributed by atoms with Crippen LogP contribution in [0.25, 0.3) is 0 Å². The van der Waals surface area contributed by atoms with Crippen molar-refractivity contribution in [2.45, 2.75) is 64.1 Å². The molecular weight excluding hydrogens is 304 g/mol. The van der Waals surface area contributed by atoms with Crippen LogP contribution in [0.2, 0.25) is 0 Å². The van der Waals surface area contributed by atoms with E-state index in [1.165, 1.54) is 0 Å². The smallest absolute Gasteiger partial charge is 0.312 e. The summed E-state index contributed by atoms with van der Waals surface area (Å²) >= 11 is 0. The zero-order chi connectivity index (χ0) is 16.9. The number of cyclic esters (lactones) is 1. The van der Waals surface area contributed by atoms with E-state index in [0.29, 0.717) is 18.9 Å². The van der Waals surface area contributed by atoms with Crippen molar-refractivity contribution in [1.82, 2.24) is 0 Å². The number of fused-ring (bicyclic) bond motifs is 2. The minimum absolute atomic E-state index is 0.0551. The number of aliphatic hydroxyl groups excluding tert-OH is 2. The number of carbonyl (C=O) groups excluding carboxylic acids is 1. The molecule has 24 heavy (non-hydrogen) atoms. The Hall–Kier alpha value is -0.870. The Morgan fingerprint density at radius 1 is 1.17 bits per heavy atom. The molecule has 5 saturated carbocycles. The van der Waals surface area contributed by atoms with Crippen molar-refractivity contribution in [2.75, 3.05) is 6.61 Å². The monoisotopic (exact) mass is 332 g/mol. The van der Waals surface area contributed by atoms with Gasteiger partial charge in [-0.1, -0.05) is 13.0 Å². The Labute approximate surface area is 143 Å². The molecule has 132 valence electrons. The SMILES string of the molecule is C=C1C2CCC3(C(O)CC4C5(C)CCCC4(COC5=O)C3C2)C1O. The van der Waals surface area contributed by atoms with Crippen LogP contribution in [0.15, 0.2) is 12.2 Å². The maximum Gasteiger partial charge on any atom is 0.312 e. The van der Waals surface area contributed by atoms with E-state index >= 15 is 0 Å². The molecule has 1 heterocycles. The number of hydrogen-bond donors (Lipinski definition) is 2. The summed E-state index contributed by atoms with van der Waals surface area (Å²) in [6, 6.07) is 0. The van der Waals surface area contributed by atoms with Gasteiger partial charge >= 0.3 is 5.97 Å². The second-order valence-electron chi connectivity index (χ2n) is 9.50. The third-order valence-electron chi connectivity index (χ3n) is 8.99. The molecular formula is C20H28O4. The Kier molecular flexibility index (Phi) is 2.85. The maximum atomic E-state index is 12.6. The largest absolute Gasteiger partial charge is 0.465 e. The molecule has 8 atom stereocenters. The van der Waals surface area contributed by atoms with E-state index in [0.717, 1.165) is 44.1 Å². The zero-order valence-electron chi connectivity index (χ0n) is 14.5. The van der Waals surface area contributed by atoms with Gasteiger partial charge in [-0.05, 0) is 68.8 Å². The average Bonchev–Trinajstić information content (AvgIpc) is 2.57. The van der Waals surface area contributed by atoms with Crippen molar-refractivity contribution in [3.63, 3.8) is 0 Å². The number of esters is 1. The third kappa shape index (κ3) is 1.44. The second-order valence-corrected chi connectivity index (χ2v) is 9.50. The van der Waals surface area contributed by atoms with Crippen molar-refractivity contribution in [3.8, 4) is 0 Å². The van der Waals surface area contributed by atoms with E-state index in [-0.39, 0.29) is 23.2 Å². The van der Waals surface area contributed by atoms with E-state index in [2.05, 4.69) is 6.58 Å². The van der Waals surface area contributed by atoms with Gasteiger partial charge in [-0.25, -0.2) is 0 Å². The highest BCUT2D eigenvalue weighted by Crippen LogP contribution is 2.73. The Bertz CT molecular complexity index is 627. The van der Waals surface area contributed by atoms with E-state index in [9.17, 15) is 15.0 Å². The quantitative estimate of drug-likeness (QED) is 0.528. The van der Waals surface area contributed by atoms with Crippen LogP contribution in [0.1, 0.15) is 51.9 Å². The van der Waals surface area contributed by atoms with Crippen molar-refractivity contribution >= 4 is 5.97 Å². The van der Waals surface area contributed by atoms with Crippen LogP contribution in [0, 0.1) is 34.0 Å². The van der Waals surface area contributed by atoms with Gasteiger partial charge in [0.05, 0.1) is 24.2 Å². The standard InChI is InChI=1S/C20H28O4/c1-11-12-4-7-20(16(11)22)14(8-12)19-6-3-5-18(2,17(23)24-10-19)13(19)9-15(20)21/h12-16,21-22H,1,3-10H2,2H3. The first-order valence-electron chi connectivity index (χ1n) is 9.58. The van der Waals surface area contributed by atoms with Crippen molar-refractivity contribution in [3.05, 3.63) is 12.2 Å². The Morgan fingerprint density at radius 2 is 1.96 bits per heavy atom. The number of hydrogen-bond acceptors (Lipinski definition) is 4. The molecule has 1 saturated heterocycles. The lowest BCUT2D eigenvalue weighted by Crippen LogP contribution is -2.73.